The van der Waals surface area contributed by atoms with Crippen LogP contribution in [0.2, 0.25) is 0 Å². The topological polar surface area (TPSA) is 75.7 Å². The summed E-state index contributed by atoms with van der Waals surface area (Å²) in [6.07, 6.45) is 3.78. The summed E-state index contributed by atoms with van der Waals surface area (Å²) in [7, 11) is 0. The molecule has 1 saturated heterocycles. The fourth-order valence-electron chi connectivity index (χ4n) is 3.45. The monoisotopic (exact) mass is 397 g/mol. The van der Waals surface area contributed by atoms with E-state index in [0.29, 0.717) is 17.0 Å². The Kier molecular flexibility index (Phi) is 4.78. The molecule has 7 nitrogen and oxygen atoms in total. The third-order valence-corrected chi connectivity index (χ3v) is 4.92. The Labute approximate surface area is 167 Å². The number of rotatable bonds is 2. The summed E-state index contributed by atoms with van der Waals surface area (Å²) in [6.45, 7) is 5.65. The average molecular weight is 398 g/mol. The zero-order valence-electron chi connectivity index (χ0n) is 15.4. The largest absolute Gasteiger partial charge is 0.403 e. The highest BCUT2D eigenvalue weighted by Gasteiger charge is 2.15. The highest BCUT2D eigenvalue weighted by molar-refractivity contribution is 5.85. The number of pyridine rings is 2. The lowest BCUT2D eigenvalue weighted by Crippen LogP contribution is -2.43. The summed E-state index contributed by atoms with van der Waals surface area (Å²) >= 11 is 0. The number of aryl methyl sites for hydroxylation is 1. The quantitative estimate of drug-likeness (QED) is 0.560. The second-order valence-electron chi connectivity index (χ2n) is 6.84. The molecule has 0 aromatic carbocycles. The van der Waals surface area contributed by atoms with Gasteiger partial charge >= 0.3 is 5.63 Å². The molecule has 0 amide bonds. The lowest BCUT2D eigenvalue weighted by Gasteiger charge is -2.28. The zero-order valence-corrected chi connectivity index (χ0v) is 16.2. The van der Waals surface area contributed by atoms with Crippen LogP contribution in [0.5, 0.6) is 0 Å². The molecule has 1 N–H and O–H groups in total. The molecule has 5 heterocycles. The van der Waals surface area contributed by atoms with E-state index in [1.54, 1.807) is 0 Å². The Morgan fingerprint density at radius 1 is 1.11 bits per heavy atom. The number of hydrogen-bond donors (Lipinski definition) is 1. The molecule has 0 bridgehead atoms. The minimum atomic E-state index is -0.424. The Hall–Kier alpha value is -2.90. The van der Waals surface area contributed by atoms with Crippen molar-refractivity contribution >= 4 is 35.0 Å². The number of aromatic nitrogens is 3. The minimum Gasteiger partial charge on any atom is -0.403 e. The number of nitrogens with zero attached hydrogens (tertiary/aromatic N) is 4. The van der Waals surface area contributed by atoms with Crippen LogP contribution in [-0.4, -0.2) is 40.5 Å². The maximum atomic E-state index is 12.6. The smallest absolute Gasteiger partial charge is 0.347 e. The van der Waals surface area contributed by atoms with E-state index in [4.69, 9.17) is 4.42 Å². The third kappa shape index (κ3) is 3.23. The van der Waals surface area contributed by atoms with E-state index in [1.165, 1.54) is 0 Å². The van der Waals surface area contributed by atoms with E-state index in [-0.39, 0.29) is 12.4 Å². The van der Waals surface area contributed by atoms with Crippen LogP contribution in [0.25, 0.3) is 28.0 Å². The van der Waals surface area contributed by atoms with Gasteiger partial charge in [-0.25, -0.2) is 9.78 Å². The second kappa shape index (κ2) is 7.26. The summed E-state index contributed by atoms with van der Waals surface area (Å²) in [4.78, 5) is 23.9. The van der Waals surface area contributed by atoms with Gasteiger partial charge in [0.25, 0.3) is 0 Å². The molecule has 5 rings (SSSR count). The average Bonchev–Trinajstić information content (AvgIpc) is 3.10. The maximum absolute atomic E-state index is 12.6. The fourth-order valence-corrected chi connectivity index (χ4v) is 3.45. The zero-order chi connectivity index (χ0) is 18.4. The highest BCUT2D eigenvalue weighted by atomic mass is 35.5. The van der Waals surface area contributed by atoms with Crippen LogP contribution in [0, 0.1) is 6.92 Å². The van der Waals surface area contributed by atoms with Gasteiger partial charge in [0, 0.05) is 44.0 Å². The number of nitrogens with one attached hydrogen (secondary N) is 1. The number of halogens is 1. The maximum Gasteiger partial charge on any atom is 0.347 e. The van der Waals surface area contributed by atoms with Crippen molar-refractivity contribution in [3.8, 4) is 11.3 Å². The van der Waals surface area contributed by atoms with Gasteiger partial charge in [-0.05, 0) is 42.8 Å². The Bertz CT molecular complexity index is 1210. The van der Waals surface area contributed by atoms with Gasteiger partial charge in [0.15, 0.2) is 0 Å². The van der Waals surface area contributed by atoms with Crippen LogP contribution in [0.15, 0.2) is 51.9 Å². The molecule has 28 heavy (non-hydrogen) atoms. The first-order valence-electron chi connectivity index (χ1n) is 9.04. The van der Waals surface area contributed by atoms with Gasteiger partial charge in [0.1, 0.15) is 11.5 Å². The third-order valence-electron chi connectivity index (χ3n) is 4.92. The summed E-state index contributed by atoms with van der Waals surface area (Å²) in [5.74, 6) is 0.836. The molecule has 8 heteroatoms. The van der Waals surface area contributed by atoms with Gasteiger partial charge in [-0.3, -0.25) is 0 Å². The summed E-state index contributed by atoms with van der Waals surface area (Å²) in [6, 6.07) is 9.72. The number of piperazine rings is 1. The molecule has 0 saturated carbocycles. The standard InChI is InChI=1S/C20H19N5O2.ClH/c1-13-4-7-25-12-16(22-18(25)10-13)15-11-14-2-3-17(23-19(14)27-20(15)26)24-8-5-21-6-9-24;/h2-4,7,10-12,21H,5-6,8-9H2,1H3;1H. The molecule has 1 aliphatic heterocycles. The Morgan fingerprint density at radius 2 is 1.93 bits per heavy atom. The molecule has 0 radical (unpaired) electrons. The molecule has 4 aromatic rings. The Morgan fingerprint density at radius 3 is 2.75 bits per heavy atom. The SMILES string of the molecule is Cc1ccn2cc(-c3cc4ccc(N5CCNCC5)nc4oc3=O)nc2c1.Cl. The van der Waals surface area contributed by atoms with E-state index in [2.05, 4.69) is 20.2 Å². The van der Waals surface area contributed by atoms with Crippen molar-refractivity contribution in [2.24, 2.45) is 0 Å². The second-order valence-corrected chi connectivity index (χ2v) is 6.84. The van der Waals surface area contributed by atoms with Gasteiger partial charge in [0.05, 0.1) is 11.3 Å². The van der Waals surface area contributed by atoms with Crippen LogP contribution in [0.1, 0.15) is 5.56 Å². The molecule has 0 unspecified atom stereocenters. The number of fused-ring (bicyclic) bond motifs is 2. The lowest BCUT2D eigenvalue weighted by atomic mass is 10.2. The minimum absolute atomic E-state index is 0. The van der Waals surface area contributed by atoms with Crippen molar-refractivity contribution in [3.63, 3.8) is 0 Å². The van der Waals surface area contributed by atoms with Crippen molar-refractivity contribution in [2.45, 2.75) is 6.92 Å². The van der Waals surface area contributed by atoms with Gasteiger partial charge in [-0.15, -0.1) is 12.4 Å². The first kappa shape index (κ1) is 18.5. The van der Waals surface area contributed by atoms with E-state index < -0.39 is 5.63 Å². The van der Waals surface area contributed by atoms with Crippen molar-refractivity contribution in [1.29, 1.82) is 0 Å². The Balaban J connectivity index is 0.00000192. The predicted octanol–water partition coefficient (Wildman–Crippen LogP) is 2.64. The molecule has 144 valence electrons. The molecule has 0 atom stereocenters. The number of imidazole rings is 1. The van der Waals surface area contributed by atoms with Crippen molar-refractivity contribution in [3.05, 3.63) is 58.7 Å². The van der Waals surface area contributed by atoms with Crippen LogP contribution in [0.4, 0.5) is 5.82 Å². The molecule has 0 aliphatic carbocycles. The van der Waals surface area contributed by atoms with Gasteiger partial charge in [-0.2, -0.15) is 4.98 Å². The highest BCUT2D eigenvalue weighted by Crippen LogP contribution is 2.23. The van der Waals surface area contributed by atoms with E-state index in [9.17, 15) is 4.79 Å². The molecule has 1 fully saturated rings. The summed E-state index contributed by atoms with van der Waals surface area (Å²) in [5, 5.41) is 4.11. The van der Waals surface area contributed by atoms with Crippen LogP contribution in [0.3, 0.4) is 0 Å². The van der Waals surface area contributed by atoms with Gasteiger partial charge in [-0.1, -0.05) is 0 Å². The summed E-state index contributed by atoms with van der Waals surface area (Å²) in [5.41, 5.74) is 2.90. The molecule has 1 aliphatic rings. The van der Waals surface area contributed by atoms with E-state index in [1.807, 2.05) is 54.0 Å². The van der Waals surface area contributed by atoms with E-state index in [0.717, 1.165) is 48.6 Å². The van der Waals surface area contributed by atoms with Crippen molar-refractivity contribution < 1.29 is 4.42 Å². The molecule has 0 spiro atoms. The molecular weight excluding hydrogens is 378 g/mol. The first-order valence-corrected chi connectivity index (χ1v) is 9.04. The first-order chi connectivity index (χ1) is 13.2. The van der Waals surface area contributed by atoms with Crippen LogP contribution >= 0.6 is 12.4 Å². The van der Waals surface area contributed by atoms with Gasteiger partial charge < -0.3 is 19.0 Å². The normalized spacial score (nSPS) is 14.4. The predicted molar refractivity (Wildman–Crippen MR) is 112 cm³/mol. The van der Waals surface area contributed by atoms with Crippen LogP contribution in [-0.2, 0) is 0 Å². The number of anilines is 1. The lowest BCUT2D eigenvalue weighted by molar-refractivity contribution is 0.547. The van der Waals surface area contributed by atoms with Crippen molar-refractivity contribution in [2.75, 3.05) is 31.1 Å². The van der Waals surface area contributed by atoms with Gasteiger partial charge in [0.2, 0.25) is 5.71 Å². The molecular formula is C20H20ClN5O2. The fraction of sp³-hybridized carbons (Fsp3) is 0.250. The van der Waals surface area contributed by atoms with Crippen LogP contribution < -0.4 is 15.8 Å². The van der Waals surface area contributed by atoms with Crippen molar-refractivity contribution in [1.82, 2.24) is 19.7 Å². The molecule has 4 aromatic heterocycles. The van der Waals surface area contributed by atoms with E-state index >= 15 is 0 Å². The summed E-state index contributed by atoms with van der Waals surface area (Å²) < 4.78 is 7.44. The number of hydrogen-bond acceptors (Lipinski definition) is 6.